The van der Waals surface area contributed by atoms with E-state index in [0.717, 1.165) is 30.6 Å². The Morgan fingerprint density at radius 2 is 1.89 bits per heavy atom. The zero-order valence-corrected chi connectivity index (χ0v) is 12.0. The summed E-state index contributed by atoms with van der Waals surface area (Å²) < 4.78 is 29.8. The molecule has 0 spiro atoms. The molecule has 0 bridgehead atoms. The van der Waals surface area contributed by atoms with Crippen molar-refractivity contribution in [1.29, 1.82) is 0 Å². The molecule has 1 aromatic carbocycles. The normalized spacial score (nSPS) is 16.6. The summed E-state index contributed by atoms with van der Waals surface area (Å²) in [6.07, 6.45) is 0.885. The number of likely N-dealkylation sites (N-methyl/N-ethyl adjacent to an activating group) is 1. The minimum absolute atomic E-state index is 0.213. The van der Waals surface area contributed by atoms with Gasteiger partial charge in [0.2, 0.25) is 0 Å². The molecule has 2 rings (SSSR count). The van der Waals surface area contributed by atoms with Crippen molar-refractivity contribution in [3.63, 3.8) is 0 Å². The lowest BCUT2D eigenvalue weighted by Crippen LogP contribution is -2.27. The third-order valence-corrected chi connectivity index (χ3v) is 3.53. The van der Waals surface area contributed by atoms with Crippen molar-refractivity contribution in [3.05, 3.63) is 28.8 Å². The van der Waals surface area contributed by atoms with Crippen molar-refractivity contribution < 1.29 is 13.5 Å². The van der Waals surface area contributed by atoms with Crippen LogP contribution in [0.1, 0.15) is 37.5 Å². The van der Waals surface area contributed by atoms with E-state index in [1.807, 2.05) is 26.8 Å². The van der Waals surface area contributed by atoms with Crippen LogP contribution in [-0.2, 0) is 18.4 Å². The van der Waals surface area contributed by atoms with E-state index in [4.69, 9.17) is 4.74 Å². The van der Waals surface area contributed by atoms with Crippen LogP contribution in [0.5, 0.6) is 5.75 Å². The lowest BCUT2D eigenvalue weighted by atomic mass is 9.83. The molecule has 0 N–H and O–H groups in total. The van der Waals surface area contributed by atoms with Crippen molar-refractivity contribution in [1.82, 2.24) is 4.90 Å². The predicted molar refractivity (Wildman–Crippen MR) is 71.8 cm³/mol. The highest BCUT2D eigenvalue weighted by Crippen LogP contribution is 2.36. The molecule has 0 radical (unpaired) electrons. The van der Waals surface area contributed by atoms with Crippen molar-refractivity contribution in [2.45, 2.75) is 45.8 Å². The van der Waals surface area contributed by atoms with Gasteiger partial charge in [-0.1, -0.05) is 26.8 Å². The first-order chi connectivity index (χ1) is 8.77. The van der Waals surface area contributed by atoms with Gasteiger partial charge in [0.15, 0.2) is 0 Å². The van der Waals surface area contributed by atoms with Gasteiger partial charge in [-0.05, 0) is 36.1 Å². The number of benzene rings is 1. The topological polar surface area (TPSA) is 12.5 Å². The zero-order valence-electron chi connectivity index (χ0n) is 12.0. The zero-order chi connectivity index (χ0) is 14.2. The van der Waals surface area contributed by atoms with E-state index < -0.39 is 6.61 Å². The molecular formula is C15H21F2NO. The Bertz CT molecular complexity index is 466. The van der Waals surface area contributed by atoms with E-state index in [9.17, 15) is 8.78 Å². The Hall–Kier alpha value is -1.16. The Morgan fingerprint density at radius 3 is 2.47 bits per heavy atom. The molecule has 0 atom stereocenters. The minimum Gasteiger partial charge on any atom is -0.435 e. The van der Waals surface area contributed by atoms with Crippen LogP contribution in [0.3, 0.4) is 0 Å². The Balaban J connectivity index is 2.47. The second-order valence-electron chi connectivity index (χ2n) is 6.23. The van der Waals surface area contributed by atoms with Crippen LogP contribution < -0.4 is 4.74 Å². The van der Waals surface area contributed by atoms with Crippen LogP contribution in [-0.4, -0.2) is 25.1 Å². The first-order valence-corrected chi connectivity index (χ1v) is 6.57. The molecule has 2 nitrogen and oxygen atoms in total. The molecule has 0 aromatic heterocycles. The Labute approximate surface area is 113 Å². The van der Waals surface area contributed by atoms with Crippen LogP contribution in [0.15, 0.2) is 12.1 Å². The van der Waals surface area contributed by atoms with E-state index in [-0.39, 0.29) is 5.41 Å². The van der Waals surface area contributed by atoms with E-state index >= 15 is 0 Å². The van der Waals surface area contributed by atoms with E-state index in [2.05, 4.69) is 11.9 Å². The summed E-state index contributed by atoms with van der Waals surface area (Å²) in [4.78, 5) is 2.24. The second-order valence-corrected chi connectivity index (χ2v) is 6.23. The maximum atomic E-state index is 12.6. The number of alkyl halides is 2. The van der Waals surface area contributed by atoms with Crippen LogP contribution in [0.4, 0.5) is 8.78 Å². The molecule has 19 heavy (non-hydrogen) atoms. The number of rotatable bonds is 2. The number of halogens is 2. The van der Waals surface area contributed by atoms with E-state index in [1.54, 1.807) is 6.07 Å². The number of nitrogens with zero attached hydrogens (tertiary/aromatic N) is 1. The van der Waals surface area contributed by atoms with E-state index in [0.29, 0.717) is 5.75 Å². The standard InChI is InChI=1S/C15H21F2NO/c1-15(2,3)12-7-11-9-18(4)6-5-10(11)8-13(12)19-14(16)17/h7-8,14H,5-6,9H2,1-4H3. The molecule has 0 unspecified atom stereocenters. The summed E-state index contributed by atoms with van der Waals surface area (Å²) >= 11 is 0. The number of hydrogen-bond acceptors (Lipinski definition) is 2. The molecule has 0 aliphatic carbocycles. The van der Waals surface area contributed by atoms with Crippen LogP contribution >= 0.6 is 0 Å². The van der Waals surface area contributed by atoms with Gasteiger partial charge in [0.25, 0.3) is 0 Å². The molecule has 0 fully saturated rings. The lowest BCUT2D eigenvalue weighted by Gasteiger charge is -2.29. The van der Waals surface area contributed by atoms with Gasteiger partial charge in [-0.2, -0.15) is 8.78 Å². The predicted octanol–water partition coefficient (Wildman–Crippen LogP) is 3.57. The fraction of sp³-hybridized carbons (Fsp3) is 0.600. The first kappa shape index (κ1) is 14.3. The van der Waals surface area contributed by atoms with Gasteiger partial charge in [-0.25, -0.2) is 0 Å². The molecule has 106 valence electrons. The summed E-state index contributed by atoms with van der Waals surface area (Å²) in [5.74, 6) is 0.325. The average Bonchev–Trinajstić information content (AvgIpc) is 2.26. The third-order valence-electron chi connectivity index (χ3n) is 3.53. The molecule has 0 amide bonds. The SMILES string of the molecule is CN1CCc2cc(OC(F)F)c(C(C)(C)C)cc2C1. The summed E-state index contributed by atoms with van der Waals surface area (Å²) in [5, 5.41) is 0. The van der Waals surface area contributed by atoms with Crippen LogP contribution in [0.2, 0.25) is 0 Å². The van der Waals surface area contributed by atoms with Gasteiger partial charge >= 0.3 is 6.61 Å². The Morgan fingerprint density at radius 1 is 1.21 bits per heavy atom. The van der Waals surface area contributed by atoms with Gasteiger partial charge in [0, 0.05) is 18.7 Å². The van der Waals surface area contributed by atoms with Crippen molar-refractivity contribution in [2.75, 3.05) is 13.6 Å². The second kappa shape index (κ2) is 5.08. The molecule has 1 aliphatic heterocycles. The monoisotopic (exact) mass is 269 g/mol. The summed E-state index contributed by atoms with van der Waals surface area (Å²) in [6, 6.07) is 3.83. The van der Waals surface area contributed by atoms with Gasteiger partial charge in [-0.3, -0.25) is 0 Å². The molecule has 0 saturated heterocycles. The van der Waals surface area contributed by atoms with E-state index in [1.165, 1.54) is 5.56 Å². The fourth-order valence-corrected chi connectivity index (χ4v) is 2.51. The average molecular weight is 269 g/mol. The first-order valence-electron chi connectivity index (χ1n) is 6.57. The molecular weight excluding hydrogens is 248 g/mol. The van der Waals surface area contributed by atoms with Gasteiger partial charge in [-0.15, -0.1) is 0 Å². The third kappa shape index (κ3) is 3.24. The molecule has 1 heterocycles. The van der Waals surface area contributed by atoms with Crippen LogP contribution in [0, 0.1) is 0 Å². The molecule has 4 heteroatoms. The lowest BCUT2D eigenvalue weighted by molar-refractivity contribution is -0.0509. The smallest absolute Gasteiger partial charge is 0.387 e. The molecule has 1 aromatic rings. The molecule has 1 aliphatic rings. The van der Waals surface area contributed by atoms with Crippen molar-refractivity contribution in [2.24, 2.45) is 0 Å². The maximum absolute atomic E-state index is 12.6. The van der Waals surface area contributed by atoms with Crippen molar-refractivity contribution in [3.8, 4) is 5.75 Å². The summed E-state index contributed by atoms with van der Waals surface area (Å²) in [5.41, 5.74) is 2.99. The number of hydrogen-bond donors (Lipinski definition) is 0. The maximum Gasteiger partial charge on any atom is 0.387 e. The highest BCUT2D eigenvalue weighted by atomic mass is 19.3. The van der Waals surface area contributed by atoms with Gasteiger partial charge in [0.05, 0.1) is 0 Å². The van der Waals surface area contributed by atoms with Gasteiger partial charge < -0.3 is 9.64 Å². The highest BCUT2D eigenvalue weighted by Gasteiger charge is 2.24. The van der Waals surface area contributed by atoms with Crippen molar-refractivity contribution >= 4 is 0 Å². The Kier molecular flexibility index (Phi) is 3.81. The summed E-state index contributed by atoms with van der Waals surface area (Å²) in [6.45, 7) is 5.09. The highest BCUT2D eigenvalue weighted by molar-refractivity contribution is 5.47. The number of ether oxygens (including phenoxy) is 1. The number of fused-ring (bicyclic) bond motifs is 1. The quantitative estimate of drug-likeness (QED) is 0.813. The summed E-state index contributed by atoms with van der Waals surface area (Å²) in [7, 11) is 2.07. The fourth-order valence-electron chi connectivity index (χ4n) is 2.51. The molecule has 0 saturated carbocycles. The van der Waals surface area contributed by atoms with Crippen LogP contribution in [0.25, 0.3) is 0 Å². The minimum atomic E-state index is -2.77. The van der Waals surface area contributed by atoms with Gasteiger partial charge in [0.1, 0.15) is 5.75 Å². The largest absolute Gasteiger partial charge is 0.435 e.